The zero-order valence-electron chi connectivity index (χ0n) is 10.8. The molecule has 2 aromatic rings. The van der Waals surface area contributed by atoms with Crippen molar-refractivity contribution in [3.8, 4) is 0 Å². The number of hydrogen-bond acceptors (Lipinski definition) is 4. The molecule has 0 fully saturated rings. The molecule has 0 aliphatic heterocycles. The second kappa shape index (κ2) is 5.98. The Morgan fingerprint density at radius 1 is 1.13 bits per heavy atom. The fraction of sp³-hybridized carbons (Fsp3) is 0.0909. The maximum atomic E-state index is 13.4. The van der Waals surface area contributed by atoms with Gasteiger partial charge in [0.25, 0.3) is 0 Å². The van der Waals surface area contributed by atoms with Gasteiger partial charge in [0.15, 0.2) is 23.3 Å². The average Bonchev–Trinajstić information content (AvgIpc) is 2.96. The van der Waals surface area contributed by atoms with Crippen LogP contribution in [0.1, 0.15) is 0 Å². The van der Waals surface area contributed by atoms with Crippen LogP contribution in [0.4, 0.5) is 33.5 Å². The van der Waals surface area contributed by atoms with Crippen molar-refractivity contribution in [2.75, 3.05) is 5.32 Å². The van der Waals surface area contributed by atoms with E-state index in [1.807, 2.05) is 0 Å². The van der Waals surface area contributed by atoms with Gasteiger partial charge in [0.1, 0.15) is 12.2 Å². The van der Waals surface area contributed by atoms with Gasteiger partial charge in [-0.25, -0.2) is 22.0 Å². The first-order valence-electron chi connectivity index (χ1n) is 5.71. The van der Waals surface area contributed by atoms with Crippen molar-refractivity contribution in [1.82, 2.24) is 9.78 Å². The molecule has 0 bridgehead atoms. The summed E-state index contributed by atoms with van der Waals surface area (Å²) >= 11 is 0. The Balaban J connectivity index is 2.22. The van der Waals surface area contributed by atoms with Crippen molar-refractivity contribution in [2.24, 2.45) is 0 Å². The molecule has 0 aliphatic carbocycles. The molecule has 1 amide bonds. The lowest BCUT2D eigenvalue weighted by Gasteiger charge is -2.09. The molecule has 0 saturated carbocycles. The van der Waals surface area contributed by atoms with E-state index in [4.69, 9.17) is 0 Å². The number of nitro groups is 1. The number of hydrogen-bond donors (Lipinski definition) is 1. The van der Waals surface area contributed by atoms with Crippen LogP contribution in [0.15, 0.2) is 12.3 Å². The van der Waals surface area contributed by atoms with Crippen LogP contribution in [0.25, 0.3) is 0 Å². The molecular weight excluding hydrogens is 331 g/mol. The summed E-state index contributed by atoms with van der Waals surface area (Å²) < 4.78 is 66.3. The molecule has 1 heterocycles. The first-order valence-corrected chi connectivity index (χ1v) is 5.71. The van der Waals surface area contributed by atoms with Crippen molar-refractivity contribution < 1.29 is 31.7 Å². The zero-order valence-corrected chi connectivity index (χ0v) is 10.8. The van der Waals surface area contributed by atoms with Crippen molar-refractivity contribution in [1.29, 1.82) is 0 Å². The molecule has 0 spiro atoms. The maximum absolute atomic E-state index is 13.4. The second-order valence-corrected chi connectivity index (χ2v) is 4.12. The molecule has 7 nitrogen and oxygen atoms in total. The zero-order chi connectivity index (χ0) is 17.3. The Morgan fingerprint density at radius 2 is 1.65 bits per heavy atom. The SMILES string of the molecule is O=C(Cn1ccc([N+](=O)[O-])n1)Nc1c(F)c(F)c(F)c(F)c1F. The highest BCUT2D eigenvalue weighted by atomic mass is 19.2. The number of rotatable bonds is 4. The van der Waals surface area contributed by atoms with E-state index in [2.05, 4.69) is 5.10 Å². The van der Waals surface area contributed by atoms with Gasteiger partial charge in [-0.1, -0.05) is 0 Å². The summed E-state index contributed by atoms with van der Waals surface area (Å²) in [5.74, 6) is -13.0. The number of carbonyl (C=O) groups excluding carboxylic acids is 1. The maximum Gasteiger partial charge on any atom is 0.389 e. The van der Waals surface area contributed by atoms with E-state index < -0.39 is 58.0 Å². The molecule has 2 rings (SSSR count). The lowest BCUT2D eigenvalue weighted by atomic mass is 10.2. The molecule has 12 heteroatoms. The van der Waals surface area contributed by atoms with Crippen LogP contribution >= 0.6 is 0 Å². The standard InChI is InChI=1S/C11H5F5N4O3/c12-6-7(13)9(15)11(10(16)8(6)14)17-5(21)3-19-2-1-4(18-19)20(22)23/h1-2H,3H2,(H,17,21). The van der Waals surface area contributed by atoms with Gasteiger partial charge in [-0.15, -0.1) is 0 Å². The summed E-state index contributed by atoms with van der Waals surface area (Å²) in [5, 5.41) is 15.3. The van der Waals surface area contributed by atoms with Gasteiger partial charge in [0.05, 0.1) is 17.4 Å². The van der Waals surface area contributed by atoms with E-state index >= 15 is 0 Å². The summed E-state index contributed by atoms with van der Waals surface area (Å²) in [5.41, 5.74) is -1.52. The summed E-state index contributed by atoms with van der Waals surface area (Å²) in [6, 6.07) is 0.950. The monoisotopic (exact) mass is 336 g/mol. The van der Waals surface area contributed by atoms with Crippen molar-refractivity contribution in [3.63, 3.8) is 0 Å². The molecule has 122 valence electrons. The minimum Gasteiger partial charge on any atom is -0.358 e. The normalized spacial score (nSPS) is 10.7. The Bertz CT molecular complexity index is 778. The van der Waals surface area contributed by atoms with Crippen LogP contribution in [-0.4, -0.2) is 20.6 Å². The fourth-order valence-corrected chi connectivity index (χ4v) is 1.58. The summed E-state index contributed by atoms with van der Waals surface area (Å²) in [6.45, 7) is -0.743. The van der Waals surface area contributed by atoms with E-state index in [0.717, 1.165) is 16.9 Å². The van der Waals surface area contributed by atoms with Gasteiger partial charge in [0, 0.05) is 0 Å². The molecule has 1 aromatic heterocycles. The number of amides is 1. The van der Waals surface area contributed by atoms with Crippen molar-refractivity contribution in [2.45, 2.75) is 6.54 Å². The van der Waals surface area contributed by atoms with Crippen LogP contribution in [0.2, 0.25) is 0 Å². The van der Waals surface area contributed by atoms with Crippen LogP contribution in [0.5, 0.6) is 0 Å². The lowest BCUT2D eigenvalue weighted by molar-refractivity contribution is -0.389. The first kappa shape index (κ1) is 16.3. The van der Waals surface area contributed by atoms with E-state index in [1.165, 1.54) is 5.32 Å². The van der Waals surface area contributed by atoms with Crippen molar-refractivity contribution in [3.05, 3.63) is 51.5 Å². The van der Waals surface area contributed by atoms with E-state index in [1.54, 1.807) is 0 Å². The number of anilines is 1. The number of halogens is 5. The van der Waals surface area contributed by atoms with Gasteiger partial charge in [-0.3, -0.25) is 4.79 Å². The quantitative estimate of drug-likeness (QED) is 0.304. The highest BCUT2D eigenvalue weighted by molar-refractivity contribution is 5.90. The average molecular weight is 336 g/mol. The Labute approximate surface area is 123 Å². The van der Waals surface area contributed by atoms with E-state index in [-0.39, 0.29) is 0 Å². The highest BCUT2D eigenvalue weighted by Crippen LogP contribution is 2.27. The third-order valence-electron chi connectivity index (χ3n) is 2.59. The molecule has 0 unspecified atom stereocenters. The first-order chi connectivity index (χ1) is 10.7. The predicted octanol–water partition coefficient (Wildman–Crippen LogP) is 2.13. The third-order valence-corrected chi connectivity index (χ3v) is 2.59. The Morgan fingerprint density at radius 3 is 2.13 bits per heavy atom. The second-order valence-electron chi connectivity index (χ2n) is 4.12. The largest absolute Gasteiger partial charge is 0.389 e. The van der Waals surface area contributed by atoms with Gasteiger partial charge >= 0.3 is 5.82 Å². The van der Waals surface area contributed by atoms with Gasteiger partial charge in [0.2, 0.25) is 11.7 Å². The molecule has 23 heavy (non-hydrogen) atoms. The van der Waals surface area contributed by atoms with Gasteiger partial charge < -0.3 is 15.4 Å². The molecule has 0 radical (unpaired) electrons. The molecule has 0 aliphatic rings. The minimum atomic E-state index is -2.36. The van der Waals surface area contributed by atoms with Gasteiger partial charge in [-0.2, -0.15) is 4.68 Å². The number of aromatic nitrogens is 2. The molecule has 0 atom stereocenters. The topological polar surface area (TPSA) is 90.1 Å². The summed E-state index contributed by atoms with van der Waals surface area (Å²) in [6.07, 6.45) is 1.02. The van der Waals surface area contributed by atoms with Crippen LogP contribution in [-0.2, 0) is 11.3 Å². The van der Waals surface area contributed by atoms with Gasteiger partial charge in [-0.05, 0) is 4.92 Å². The summed E-state index contributed by atoms with van der Waals surface area (Å²) in [7, 11) is 0. The number of benzene rings is 1. The van der Waals surface area contributed by atoms with E-state index in [9.17, 15) is 36.9 Å². The lowest BCUT2D eigenvalue weighted by Crippen LogP contribution is -2.21. The molecular formula is C11H5F5N4O3. The fourth-order valence-electron chi connectivity index (χ4n) is 1.58. The number of nitrogens with one attached hydrogen (secondary N) is 1. The third kappa shape index (κ3) is 3.09. The predicted molar refractivity (Wildman–Crippen MR) is 63.7 cm³/mol. The molecule has 0 saturated heterocycles. The molecule has 1 aromatic carbocycles. The summed E-state index contributed by atoms with van der Waals surface area (Å²) in [4.78, 5) is 21.1. The highest BCUT2D eigenvalue weighted by Gasteiger charge is 2.27. The Kier molecular flexibility index (Phi) is 4.24. The van der Waals surface area contributed by atoms with Crippen LogP contribution in [0, 0.1) is 39.2 Å². The number of carbonyl (C=O) groups is 1. The van der Waals surface area contributed by atoms with E-state index in [0.29, 0.717) is 0 Å². The minimum absolute atomic E-state index is 0.589. The van der Waals surface area contributed by atoms with Crippen LogP contribution in [0.3, 0.4) is 0 Å². The number of nitrogens with zero attached hydrogens (tertiary/aromatic N) is 3. The van der Waals surface area contributed by atoms with Crippen molar-refractivity contribution >= 4 is 17.4 Å². The Hall–Kier alpha value is -3.05. The molecule has 1 N–H and O–H groups in total. The van der Waals surface area contributed by atoms with Crippen LogP contribution < -0.4 is 5.32 Å². The smallest absolute Gasteiger partial charge is 0.358 e.